The van der Waals surface area contributed by atoms with Gasteiger partial charge in [0.1, 0.15) is 0 Å². The smallest absolute Gasteiger partial charge is 0.231 e. The molecule has 1 aromatic carbocycles. The van der Waals surface area contributed by atoms with Gasteiger partial charge in [0.2, 0.25) is 5.91 Å². The van der Waals surface area contributed by atoms with Crippen LogP contribution in [0.15, 0.2) is 18.2 Å². The fraction of sp³-hybridized carbons (Fsp3) is 0.720. The molecule has 2 heterocycles. The SMILES string of the molecule is CCC[NH+]1CCC([NH+]2CCC[C@@H](C(=O)N(C)CCc3ccc(OC)c(OC)c3)C2)CC1. The van der Waals surface area contributed by atoms with Crippen LogP contribution in [0.5, 0.6) is 11.5 Å². The van der Waals surface area contributed by atoms with Gasteiger partial charge in [0.25, 0.3) is 0 Å². The lowest BCUT2D eigenvalue weighted by atomic mass is 9.92. The van der Waals surface area contributed by atoms with E-state index >= 15 is 0 Å². The highest BCUT2D eigenvalue weighted by Gasteiger charge is 2.36. The van der Waals surface area contributed by atoms with E-state index in [0.717, 1.165) is 49.0 Å². The van der Waals surface area contributed by atoms with E-state index in [1.54, 1.807) is 24.0 Å². The van der Waals surface area contributed by atoms with Crippen molar-refractivity contribution in [3.05, 3.63) is 23.8 Å². The van der Waals surface area contributed by atoms with Gasteiger partial charge in [0, 0.05) is 26.4 Å². The summed E-state index contributed by atoms with van der Waals surface area (Å²) in [6.45, 7) is 9.22. The summed E-state index contributed by atoms with van der Waals surface area (Å²) in [4.78, 5) is 18.6. The van der Waals surface area contributed by atoms with Gasteiger partial charge in [0.15, 0.2) is 11.5 Å². The molecule has 2 N–H and O–H groups in total. The number of ether oxygens (including phenoxy) is 2. The topological polar surface area (TPSA) is 47.7 Å². The molecular weight excluding hydrogens is 390 g/mol. The maximum atomic E-state index is 13.2. The molecule has 2 aliphatic rings. The van der Waals surface area contributed by atoms with Gasteiger partial charge < -0.3 is 24.2 Å². The molecule has 0 spiro atoms. The van der Waals surface area contributed by atoms with Crippen molar-refractivity contribution in [2.24, 2.45) is 5.92 Å². The summed E-state index contributed by atoms with van der Waals surface area (Å²) in [6.07, 6.45) is 6.97. The normalized spacial score (nSPS) is 26.3. The lowest BCUT2D eigenvalue weighted by molar-refractivity contribution is -0.962. The van der Waals surface area contributed by atoms with E-state index in [-0.39, 0.29) is 5.92 Å². The standard InChI is InChI=1S/C25H41N3O3/c1-5-13-27-16-11-22(12-17-27)28-14-6-7-21(19-28)25(29)26(2)15-10-20-8-9-23(30-3)24(18-20)31-4/h8-9,18,21-22H,5-7,10-17,19H2,1-4H3/p+2/t21-/m1/s1. The summed E-state index contributed by atoms with van der Waals surface area (Å²) in [5.41, 5.74) is 1.16. The molecule has 174 valence electrons. The Morgan fingerprint density at radius 1 is 1.10 bits per heavy atom. The maximum absolute atomic E-state index is 13.2. The van der Waals surface area contributed by atoms with Crippen molar-refractivity contribution in [3.63, 3.8) is 0 Å². The number of carbonyl (C=O) groups excluding carboxylic acids is 1. The lowest BCUT2D eigenvalue weighted by Gasteiger charge is -2.38. The minimum absolute atomic E-state index is 0.181. The number of hydrogen-bond acceptors (Lipinski definition) is 3. The number of benzene rings is 1. The molecule has 1 amide bonds. The highest BCUT2D eigenvalue weighted by atomic mass is 16.5. The fourth-order valence-electron chi connectivity index (χ4n) is 5.47. The number of carbonyl (C=O) groups is 1. The van der Waals surface area contributed by atoms with E-state index in [1.807, 2.05) is 24.1 Å². The lowest BCUT2D eigenvalue weighted by Crippen LogP contribution is -3.21. The van der Waals surface area contributed by atoms with Gasteiger partial charge in [0.05, 0.1) is 58.9 Å². The summed E-state index contributed by atoms with van der Waals surface area (Å²) in [5.74, 6) is 1.99. The number of nitrogens with one attached hydrogen (secondary N) is 2. The molecule has 2 saturated heterocycles. The highest BCUT2D eigenvalue weighted by Crippen LogP contribution is 2.27. The van der Waals surface area contributed by atoms with Crippen molar-refractivity contribution >= 4 is 5.91 Å². The molecule has 2 fully saturated rings. The van der Waals surface area contributed by atoms with Gasteiger partial charge in [-0.3, -0.25) is 4.79 Å². The van der Waals surface area contributed by atoms with Gasteiger partial charge in [-0.2, -0.15) is 0 Å². The van der Waals surface area contributed by atoms with Crippen molar-refractivity contribution in [1.82, 2.24) is 4.90 Å². The number of amides is 1. The summed E-state index contributed by atoms with van der Waals surface area (Å²) < 4.78 is 10.7. The zero-order valence-electron chi connectivity index (χ0n) is 20.0. The summed E-state index contributed by atoms with van der Waals surface area (Å²) >= 11 is 0. The zero-order chi connectivity index (χ0) is 22.2. The minimum atomic E-state index is 0.181. The molecule has 1 aromatic rings. The Balaban J connectivity index is 1.49. The molecule has 3 rings (SSSR count). The van der Waals surface area contributed by atoms with Crippen molar-refractivity contribution in [2.45, 2.75) is 51.5 Å². The van der Waals surface area contributed by atoms with Crippen molar-refractivity contribution < 1.29 is 24.1 Å². The Kier molecular flexibility index (Phi) is 9.02. The Bertz CT molecular complexity index is 703. The van der Waals surface area contributed by atoms with Crippen LogP contribution in [0.3, 0.4) is 0 Å². The second-order valence-electron chi connectivity index (χ2n) is 9.42. The van der Waals surface area contributed by atoms with Crippen LogP contribution in [-0.2, 0) is 11.2 Å². The number of nitrogens with zero attached hydrogens (tertiary/aromatic N) is 1. The maximum Gasteiger partial charge on any atom is 0.231 e. The first kappa shape index (κ1) is 23.9. The summed E-state index contributed by atoms with van der Waals surface area (Å²) in [6, 6.07) is 6.76. The van der Waals surface area contributed by atoms with E-state index in [9.17, 15) is 4.79 Å². The van der Waals surface area contributed by atoms with E-state index in [2.05, 4.69) is 13.0 Å². The number of piperidine rings is 2. The van der Waals surface area contributed by atoms with Crippen LogP contribution >= 0.6 is 0 Å². The van der Waals surface area contributed by atoms with Gasteiger partial charge in [-0.1, -0.05) is 13.0 Å². The number of quaternary nitrogens is 2. The minimum Gasteiger partial charge on any atom is -0.493 e. The molecule has 2 aliphatic heterocycles. The predicted molar refractivity (Wildman–Crippen MR) is 123 cm³/mol. The number of hydrogen-bond donors (Lipinski definition) is 2. The van der Waals surface area contributed by atoms with E-state index < -0.39 is 0 Å². The number of rotatable bonds is 9. The average Bonchev–Trinajstić information content (AvgIpc) is 2.82. The largest absolute Gasteiger partial charge is 0.493 e. The molecule has 6 heteroatoms. The molecule has 0 aliphatic carbocycles. The Morgan fingerprint density at radius 3 is 2.52 bits per heavy atom. The summed E-state index contributed by atoms with van der Waals surface area (Å²) in [5, 5.41) is 0. The Hall–Kier alpha value is -1.79. The fourth-order valence-corrected chi connectivity index (χ4v) is 5.47. The Labute approximate surface area is 188 Å². The second-order valence-corrected chi connectivity index (χ2v) is 9.42. The number of methoxy groups -OCH3 is 2. The molecule has 0 saturated carbocycles. The van der Waals surface area contributed by atoms with Crippen LogP contribution in [0.2, 0.25) is 0 Å². The van der Waals surface area contributed by atoms with E-state index in [4.69, 9.17) is 9.47 Å². The van der Waals surface area contributed by atoms with Crippen molar-refractivity contribution in [2.75, 3.05) is 60.5 Å². The van der Waals surface area contributed by atoms with E-state index in [0.29, 0.717) is 5.91 Å². The first-order valence-electron chi connectivity index (χ1n) is 12.2. The van der Waals surface area contributed by atoms with Crippen molar-refractivity contribution in [1.29, 1.82) is 0 Å². The van der Waals surface area contributed by atoms with Crippen LogP contribution in [0.25, 0.3) is 0 Å². The first-order valence-corrected chi connectivity index (χ1v) is 12.2. The van der Waals surface area contributed by atoms with Crippen LogP contribution in [0, 0.1) is 5.92 Å². The van der Waals surface area contributed by atoms with Crippen LogP contribution in [-0.4, -0.2) is 77.4 Å². The molecule has 0 radical (unpaired) electrons. The van der Waals surface area contributed by atoms with Gasteiger partial charge in [-0.25, -0.2) is 0 Å². The first-order chi connectivity index (χ1) is 15.0. The van der Waals surface area contributed by atoms with E-state index in [1.165, 1.54) is 51.9 Å². The zero-order valence-corrected chi connectivity index (χ0v) is 20.0. The van der Waals surface area contributed by atoms with Gasteiger partial charge in [-0.15, -0.1) is 0 Å². The molecule has 2 atom stereocenters. The number of likely N-dealkylation sites (N-methyl/N-ethyl adjacent to an activating group) is 1. The molecule has 6 nitrogen and oxygen atoms in total. The quantitative estimate of drug-likeness (QED) is 0.595. The van der Waals surface area contributed by atoms with Crippen molar-refractivity contribution in [3.8, 4) is 11.5 Å². The highest BCUT2D eigenvalue weighted by molar-refractivity contribution is 5.78. The second kappa shape index (κ2) is 11.7. The molecule has 1 unspecified atom stereocenters. The molecule has 31 heavy (non-hydrogen) atoms. The monoisotopic (exact) mass is 433 g/mol. The predicted octanol–water partition coefficient (Wildman–Crippen LogP) is 0.457. The Morgan fingerprint density at radius 2 is 1.84 bits per heavy atom. The molecular formula is C25H43N3O3+2. The molecule has 0 bridgehead atoms. The number of likely N-dealkylation sites (tertiary alicyclic amines) is 2. The van der Waals surface area contributed by atoms with Gasteiger partial charge in [-0.05, 0) is 43.4 Å². The molecule has 0 aromatic heterocycles. The third kappa shape index (κ3) is 6.36. The third-order valence-electron chi connectivity index (χ3n) is 7.34. The summed E-state index contributed by atoms with van der Waals surface area (Å²) in [7, 11) is 5.27. The van der Waals surface area contributed by atoms with Gasteiger partial charge >= 0.3 is 0 Å². The van der Waals surface area contributed by atoms with Crippen LogP contribution < -0.4 is 19.3 Å². The van der Waals surface area contributed by atoms with Crippen LogP contribution in [0.4, 0.5) is 0 Å². The van der Waals surface area contributed by atoms with Crippen LogP contribution in [0.1, 0.15) is 44.6 Å². The average molecular weight is 434 g/mol. The third-order valence-corrected chi connectivity index (χ3v) is 7.34.